The molecule has 0 spiro atoms. The normalized spacial score (nSPS) is 10.1. The number of aryl methyl sites for hydroxylation is 1. The van der Waals surface area contributed by atoms with Crippen molar-refractivity contribution in [2.75, 3.05) is 7.11 Å². The molecule has 0 amide bonds. The Morgan fingerprint density at radius 1 is 1.26 bits per heavy atom. The van der Waals surface area contributed by atoms with E-state index < -0.39 is 5.97 Å². The Morgan fingerprint density at radius 2 is 2.05 bits per heavy atom. The molecule has 0 unspecified atom stereocenters. The highest BCUT2D eigenvalue weighted by Crippen LogP contribution is 2.21. The Morgan fingerprint density at radius 3 is 2.63 bits per heavy atom. The maximum Gasteiger partial charge on any atom is 0.358 e. The van der Waals surface area contributed by atoms with Crippen LogP contribution in [0.5, 0.6) is 11.6 Å². The molecule has 2 aromatic rings. The van der Waals surface area contributed by atoms with Gasteiger partial charge in [-0.05, 0) is 30.7 Å². The van der Waals surface area contributed by atoms with E-state index in [1.54, 1.807) is 13.0 Å². The van der Waals surface area contributed by atoms with Gasteiger partial charge in [-0.3, -0.25) is 0 Å². The van der Waals surface area contributed by atoms with Gasteiger partial charge in [-0.15, -0.1) is 0 Å². The van der Waals surface area contributed by atoms with E-state index in [9.17, 15) is 9.18 Å². The molecule has 98 valence electrons. The van der Waals surface area contributed by atoms with Gasteiger partial charge in [0.25, 0.3) is 0 Å². The number of benzene rings is 1. The van der Waals surface area contributed by atoms with Gasteiger partial charge in [0.2, 0.25) is 5.88 Å². The molecule has 0 aliphatic carbocycles. The molecule has 6 heteroatoms. The first-order valence-electron chi connectivity index (χ1n) is 5.44. The van der Waals surface area contributed by atoms with Crippen molar-refractivity contribution in [3.63, 3.8) is 0 Å². The third kappa shape index (κ3) is 3.04. The van der Waals surface area contributed by atoms with Crippen molar-refractivity contribution in [3.05, 3.63) is 47.7 Å². The average Bonchev–Trinajstić information content (AvgIpc) is 2.43. The molecule has 0 fully saturated rings. The zero-order chi connectivity index (χ0) is 13.8. The van der Waals surface area contributed by atoms with Crippen molar-refractivity contribution in [2.45, 2.75) is 6.92 Å². The number of methoxy groups -OCH3 is 1. The summed E-state index contributed by atoms with van der Waals surface area (Å²) in [5, 5.41) is 0. The Hall–Kier alpha value is -2.50. The summed E-state index contributed by atoms with van der Waals surface area (Å²) in [7, 11) is 1.26. The van der Waals surface area contributed by atoms with Crippen LogP contribution in [0.4, 0.5) is 4.39 Å². The minimum Gasteiger partial charge on any atom is -0.464 e. The molecule has 0 radical (unpaired) electrons. The molecule has 0 atom stereocenters. The van der Waals surface area contributed by atoms with Crippen LogP contribution in [0, 0.1) is 12.7 Å². The van der Waals surface area contributed by atoms with Crippen molar-refractivity contribution in [3.8, 4) is 11.6 Å². The number of halogens is 1. The summed E-state index contributed by atoms with van der Waals surface area (Å²) in [4.78, 5) is 18.9. The fourth-order valence-corrected chi connectivity index (χ4v) is 1.38. The first kappa shape index (κ1) is 12.9. The number of carbonyl (C=O) groups excluding carboxylic acids is 1. The van der Waals surface area contributed by atoms with E-state index in [1.807, 2.05) is 0 Å². The number of rotatable bonds is 3. The zero-order valence-corrected chi connectivity index (χ0v) is 10.4. The van der Waals surface area contributed by atoms with Crippen LogP contribution >= 0.6 is 0 Å². The number of hydrogen-bond acceptors (Lipinski definition) is 5. The first-order chi connectivity index (χ1) is 9.10. The molecule has 0 aliphatic heterocycles. The smallest absolute Gasteiger partial charge is 0.358 e. The van der Waals surface area contributed by atoms with E-state index in [4.69, 9.17) is 4.74 Å². The SMILES string of the molecule is COC(=O)c1cnc(Oc2ccc(F)c(C)c2)cn1. The third-order valence-corrected chi connectivity index (χ3v) is 2.37. The number of aromatic nitrogens is 2. The van der Waals surface area contributed by atoms with Crippen LogP contribution < -0.4 is 4.74 Å². The molecule has 5 nitrogen and oxygen atoms in total. The Bertz CT molecular complexity index is 599. The number of esters is 1. The number of ether oxygens (including phenoxy) is 2. The Kier molecular flexibility index (Phi) is 3.70. The summed E-state index contributed by atoms with van der Waals surface area (Å²) in [5.41, 5.74) is 0.557. The van der Waals surface area contributed by atoms with Crippen LogP contribution in [0.3, 0.4) is 0 Å². The van der Waals surface area contributed by atoms with E-state index in [0.29, 0.717) is 11.3 Å². The monoisotopic (exact) mass is 262 g/mol. The second-order valence-corrected chi connectivity index (χ2v) is 3.74. The quantitative estimate of drug-likeness (QED) is 0.795. The number of nitrogens with zero attached hydrogens (tertiary/aromatic N) is 2. The summed E-state index contributed by atoms with van der Waals surface area (Å²) in [6.45, 7) is 1.63. The molecule has 0 saturated carbocycles. The standard InChI is InChI=1S/C13H11FN2O3/c1-8-5-9(3-4-10(8)14)19-12-7-15-11(6-16-12)13(17)18-2/h3-7H,1-2H3. The molecular weight excluding hydrogens is 251 g/mol. The van der Waals surface area contributed by atoms with E-state index >= 15 is 0 Å². The molecule has 19 heavy (non-hydrogen) atoms. The van der Waals surface area contributed by atoms with Gasteiger partial charge < -0.3 is 9.47 Å². The van der Waals surface area contributed by atoms with E-state index in [1.165, 1.54) is 31.6 Å². The van der Waals surface area contributed by atoms with Gasteiger partial charge in [-0.1, -0.05) is 0 Å². The van der Waals surface area contributed by atoms with Crippen LogP contribution in [-0.2, 0) is 4.74 Å². The molecule has 2 rings (SSSR count). The molecule has 1 aromatic heterocycles. The molecule has 0 saturated heterocycles. The predicted octanol–water partition coefficient (Wildman–Crippen LogP) is 2.50. The second-order valence-electron chi connectivity index (χ2n) is 3.74. The Labute approximate surface area is 109 Å². The van der Waals surface area contributed by atoms with Crippen LogP contribution in [-0.4, -0.2) is 23.0 Å². The molecular formula is C13H11FN2O3. The predicted molar refractivity (Wildman–Crippen MR) is 64.6 cm³/mol. The lowest BCUT2D eigenvalue weighted by Gasteiger charge is -2.05. The van der Waals surface area contributed by atoms with Gasteiger partial charge in [0.15, 0.2) is 5.69 Å². The second kappa shape index (κ2) is 5.43. The van der Waals surface area contributed by atoms with Crippen LogP contribution in [0.25, 0.3) is 0 Å². The summed E-state index contributed by atoms with van der Waals surface area (Å²) in [6.07, 6.45) is 2.54. The van der Waals surface area contributed by atoms with Gasteiger partial charge in [-0.25, -0.2) is 19.2 Å². The third-order valence-electron chi connectivity index (χ3n) is 2.37. The van der Waals surface area contributed by atoms with Crippen molar-refractivity contribution < 1.29 is 18.7 Å². The lowest BCUT2D eigenvalue weighted by Crippen LogP contribution is -2.04. The fraction of sp³-hybridized carbons (Fsp3) is 0.154. The van der Waals surface area contributed by atoms with Crippen LogP contribution in [0.2, 0.25) is 0 Å². The number of carbonyl (C=O) groups is 1. The van der Waals surface area contributed by atoms with Crippen LogP contribution in [0.15, 0.2) is 30.6 Å². The van der Waals surface area contributed by atoms with Crippen LogP contribution in [0.1, 0.15) is 16.1 Å². The molecule has 0 bridgehead atoms. The highest BCUT2D eigenvalue weighted by Gasteiger charge is 2.08. The van der Waals surface area contributed by atoms with Gasteiger partial charge in [0.1, 0.15) is 11.6 Å². The first-order valence-corrected chi connectivity index (χ1v) is 5.44. The number of hydrogen-bond donors (Lipinski definition) is 0. The van der Waals surface area contributed by atoms with E-state index in [2.05, 4.69) is 14.7 Å². The highest BCUT2D eigenvalue weighted by atomic mass is 19.1. The zero-order valence-electron chi connectivity index (χ0n) is 10.4. The molecule has 0 N–H and O–H groups in total. The highest BCUT2D eigenvalue weighted by molar-refractivity contribution is 5.86. The van der Waals surface area contributed by atoms with Gasteiger partial charge >= 0.3 is 5.97 Å². The summed E-state index contributed by atoms with van der Waals surface area (Å²) >= 11 is 0. The largest absolute Gasteiger partial charge is 0.464 e. The molecule has 1 heterocycles. The summed E-state index contributed by atoms with van der Waals surface area (Å²) in [5.74, 6) is -0.228. The summed E-state index contributed by atoms with van der Waals surface area (Å²) in [6, 6.07) is 4.34. The Balaban J connectivity index is 2.15. The minimum absolute atomic E-state index is 0.0881. The lowest BCUT2D eigenvalue weighted by molar-refractivity contribution is 0.0593. The maximum atomic E-state index is 13.1. The lowest BCUT2D eigenvalue weighted by atomic mass is 10.2. The topological polar surface area (TPSA) is 61.3 Å². The van der Waals surface area contributed by atoms with E-state index in [0.717, 1.165) is 0 Å². The van der Waals surface area contributed by atoms with Gasteiger partial charge in [0, 0.05) is 0 Å². The van der Waals surface area contributed by atoms with Gasteiger partial charge in [0.05, 0.1) is 19.5 Å². The average molecular weight is 262 g/mol. The maximum absolute atomic E-state index is 13.1. The molecule has 1 aromatic carbocycles. The fourth-order valence-electron chi connectivity index (χ4n) is 1.38. The van der Waals surface area contributed by atoms with Gasteiger partial charge in [-0.2, -0.15) is 0 Å². The van der Waals surface area contributed by atoms with Crippen molar-refractivity contribution in [2.24, 2.45) is 0 Å². The minimum atomic E-state index is -0.573. The van der Waals surface area contributed by atoms with E-state index in [-0.39, 0.29) is 17.4 Å². The van der Waals surface area contributed by atoms with Crippen molar-refractivity contribution >= 4 is 5.97 Å². The summed E-state index contributed by atoms with van der Waals surface area (Å²) < 4.78 is 23.0. The molecule has 0 aliphatic rings. The van der Waals surface area contributed by atoms with Crippen molar-refractivity contribution in [1.82, 2.24) is 9.97 Å². The van der Waals surface area contributed by atoms with Crippen molar-refractivity contribution in [1.29, 1.82) is 0 Å².